The van der Waals surface area contributed by atoms with Crippen LogP contribution in [0.25, 0.3) is 10.8 Å². The van der Waals surface area contributed by atoms with Crippen molar-refractivity contribution in [3.63, 3.8) is 0 Å². The Balaban J connectivity index is 0.00000320. The van der Waals surface area contributed by atoms with Gasteiger partial charge in [0.15, 0.2) is 5.75 Å². The molecule has 0 heterocycles. The summed E-state index contributed by atoms with van der Waals surface area (Å²) in [5.74, 6) is -1.17. The van der Waals surface area contributed by atoms with Crippen molar-refractivity contribution in [2.45, 2.75) is 11.8 Å². The molecule has 9 nitrogen and oxygen atoms in total. The van der Waals surface area contributed by atoms with Crippen LogP contribution in [0.15, 0.2) is 57.6 Å². The van der Waals surface area contributed by atoms with Crippen LogP contribution in [0.3, 0.4) is 0 Å². The van der Waals surface area contributed by atoms with Crippen molar-refractivity contribution in [1.82, 2.24) is 0 Å². The third-order valence-electron chi connectivity index (χ3n) is 3.88. The molecule has 0 unspecified atom stereocenters. The molecule has 3 aromatic carbocycles. The number of carbonyl (C=O) groups excluding carboxylic acids is 1. The van der Waals surface area contributed by atoms with E-state index < -0.39 is 20.8 Å². The minimum Gasteiger partial charge on any atom is -0.506 e. The van der Waals surface area contributed by atoms with Crippen molar-refractivity contribution in [2.24, 2.45) is 10.2 Å². The van der Waals surface area contributed by atoms with E-state index in [1.165, 1.54) is 13.0 Å². The number of anilines is 1. The Morgan fingerprint density at radius 3 is 2.43 bits per heavy atom. The molecule has 0 aromatic heterocycles. The molecule has 0 aliphatic carbocycles. The number of rotatable bonds is 4. The molecule has 4 N–H and O–H groups in total. The van der Waals surface area contributed by atoms with Gasteiger partial charge in [0.2, 0.25) is 5.91 Å². The Morgan fingerprint density at radius 2 is 1.80 bits per heavy atom. The number of azo groups is 1. The van der Waals surface area contributed by atoms with Gasteiger partial charge >= 0.3 is 0 Å². The van der Waals surface area contributed by atoms with Crippen molar-refractivity contribution >= 4 is 85.0 Å². The first kappa shape index (κ1) is 24.1. The second-order valence-corrected chi connectivity index (χ2v) is 7.79. The van der Waals surface area contributed by atoms with Crippen LogP contribution in [0, 0.1) is 0 Å². The van der Waals surface area contributed by atoms with Crippen LogP contribution in [0.2, 0.25) is 5.02 Å². The fourth-order valence-corrected chi connectivity index (χ4v) is 3.44. The Labute approximate surface area is 198 Å². The van der Waals surface area contributed by atoms with Gasteiger partial charge in [-0.3, -0.25) is 9.35 Å². The predicted molar refractivity (Wildman–Crippen MR) is 113 cm³/mol. The van der Waals surface area contributed by atoms with E-state index in [-0.39, 0.29) is 57.6 Å². The molecule has 30 heavy (non-hydrogen) atoms. The Morgan fingerprint density at radius 1 is 1.10 bits per heavy atom. The van der Waals surface area contributed by atoms with Crippen LogP contribution in [0.4, 0.5) is 17.1 Å². The van der Waals surface area contributed by atoms with Gasteiger partial charge in [0.25, 0.3) is 10.1 Å². The molecule has 0 atom stereocenters. The maximum atomic E-state index is 11.5. The molecular formula is C18H14ClN3NaO6S. The van der Waals surface area contributed by atoms with Crippen molar-refractivity contribution in [3.8, 4) is 11.5 Å². The summed E-state index contributed by atoms with van der Waals surface area (Å²) >= 11 is 5.79. The predicted octanol–water partition coefficient (Wildman–Crippen LogP) is 4.14. The van der Waals surface area contributed by atoms with E-state index in [2.05, 4.69) is 15.5 Å². The molecule has 0 fully saturated rings. The summed E-state index contributed by atoms with van der Waals surface area (Å²) < 4.78 is 31.9. The first-order valence-electron chi connectivity index (χ1n) is 8.02. The van der Waals surface area contributed by atoms with Crippen LogP contribution in [-0.4, -0.2) is 58.6 Å². The molecule has 12 heteroatoms. The number of nitrogens with zero attached hydrogens (tertiary/aromatic N) is 2. The fourth-order valence-electron chi connectivity index (χ4n) is 2.63. The number of carbonyl (C=O) groups is 1. The van der Waals surface area contributed by atoms with E-state index >= 15 is 0 Å². The molecule has 0 spiro atoms. The van der Waals surface area contributed by atoms with Crippen molar-refractivity contribution in [2.75, 3.05) is 5.32 Å². The summed E-state index contributed by atoms with van der Waals surface area (Å²) in [5, 5.41) is 31.3. The Kier molecular flexibility index (Phi) is 7.45. The van der Waals surface area contributed by atoms with Gasteiger partial charge in [-0.1, -0.05) is 29.8 Å². The van der Waals surface area contributed by atoms with Crippen LogP contribution in [-0.2, 0) is 14.9 Å². The Bertz CT molecular complexity index is 1280. The van der Waals surface area contributed by atoms with Gasteiger partial charge in [-0.25, -0.2) is 0 Å². The molecule has 0 saturated heterocycles. The van der Waals surface area contributed by atoms with Crippen LogP contribution in [0.1, 0.15) is 6.92 Å². The number of phenols is 2. The number of nitrogens with one attached hydrogen (secondary N) is 1. The monoisotopic (exact) mass is 458 g/mol. The third kappa shape index (κ3) is 5.09. The summed E-state index contributed by atoms with van der Waals surface area (Å²) in [6.45, 7) is 1.32. The number of benzene rings is 3. The van der Waals surface area contributed by atoms with Crippen LogP contribution < -0.4 is 5.32 Å². The first-order valence-corrected chi connectivity index (χ1v) is 9.83. The summed E-state index contributed by atoms with van der Waals surface area (Å²) in [5.41, 5.74) is -0.00745. The molecule has 3 rings (SSSR count). The van der Waals surface area contributed by atoms with Gasteiger partial charge in [-0.2, -0.15) is 8.42 Å². The number of halogens is 1. The molecule has 1 radical (unpaired) electrons. The average molecular weight is 459 g/mol. The van der Waals surface area contributed by atoms with Crippen molar-refractivity contribution in [3.05, 3.63) is 47.5 Å². The van der Waals surface area contributed by atoms with Crippen LogP contribution in [0.5, 0.6) is 11.5 Å². The molecule has 0 aliphatic rings. The van der Waals surface area contributed by atoms with Gasteiger partial charge < -0.3 is 15.5 Å². The van der Waals surface area contributed by atoms with E-state index in [1.807, 2.05) is 0 Å². The number of phenolic OH excluding ortho intramolecular Hbond substituents is 2. The van der Waals surface area contributed by atoms with Crippen molar-refractivity contribution in [1.29, 1.82) is 0 Å². The summed E-state index contributed by atoms with van der Waals surface area (Å²) in [4.78, 5) is 10.9. The summed E-state index contributed by atoms with van der Waals surface area (Å²) in [6, 6.07) is 9.75. The normalized spacial score (nSPS) is 11.4. The summed E-state index contributed by atoms with van der Waals surface area (Å²) in [7, 11) is -4.60. The number of fused-ring (bicyclic) bond motifs is 1. The zero-order valence-electron chi connectivity index (χ0n) is 15.8. The molecule has 3 aromatic rings. The second kappa shape index (κ2) is 9.29. The number of hydrogen-bond donors (Lipinski definition) is 4. The van der Waals surface area contributed by atoms with E-state index in [0.717, 1.165) is 12.1 Å². The molecule has 151 valence electrons. The zero-order chi connectivity index (χ0) is 21.3. The minimum atomic E-state index is -4.60. The van der Waals surface area contributed by atoms with E-state index in [9.17, 15) is 28.0 Å². The van der Waals surface area contributed by atoms with Gasteiger partial charge in [0, 0.05) is 41.9 Å². The molecular weight excluding hydrogens is 445 g/mol. The van der Waals surface area contributed by atoms with Gasteiger partial charge in [-0.05, 0) is 29.7 Å². The number of amides is 1. The zero-order valence-corrected chi connectivity index (χ0v) is 19.4. The topological polar surface area (TPSA) is 149 Å². The maximum absolute atomic E-state index is 11.5. The van der Waals surface area contributed by atoms with Crippen LogP contribution >= 0.6 is 11.6 Å². The maximum Gasteiger partial charge on any atom is 0.294 e. The molecule has 1 amide bonds. The fraction of sp³-hybridized carbons (Fsp3) is 0.0556. The Hall–Kier alpha value is -2.21. The van der Waals surface area contributed by atoms with Gasteiger partial charge in [-0.15, -0.1) is 10.2 Å². The number of hydrogen-bond acceptors (Lipinski definition) is 7. The smallest absolute Gasteiger partial charge is 0.294 e. The molecule has 0 aliphatic heterocycles. The SMILES string of the molecule is CC(=O)Nc1cccc2ccc(O)c(N=Nc3cc(S(=O)(=O)O)cc(Cl)c3O)c12.[Na]. The standard InChI is InChI=1S/C18H14ClN3O6S.Na/c1-9(23)20-13-4-2-3-10-5-6-15(24)17(16(10)13)22-21-14-8-11(29(26,27)28)7-12(19)18(14)25;/h2-8,24-25H,1H3,(H,20,23)(H,26,27,28);. The molecule has 0 bridgehead atoms. The van der Waals surface area contributed by atoms with E-state index in [4.69, 9.17) is 11.6 Å². The van der Waals surface area contributed by atoms with Gasteiger partial charge in [0.05, 0.1) is 15.6 Å². The minimum absolute atomic E-state index is 0. The van der Waals surface area contributed by atoms with Gasteiger partial charge in [0.1, 0.15) is 17.1 Å². The average Bonchev–Trinajstić information content (AvgIpc) is 2.63. The largest absolute Gasteiger partial charge is 0.506 e. The number of aromatic hydroxyl groups is 2. The van der Waals surface area contributed by atoms with E-state index in [1.54, 1.807) is 24.3 Å². The first-order chi connectivity index (χ1) is 13.6. The quantitative estimate of drug-likeness (QED) is 0.262. The second-order valence-electron chi connectivity index (χ2n) is 5.97. The third-order valence-corrected chi connectivity index (χ3v) is 5.00. The van der Waals surface area contributed by atoms with E-state index in [0.29, 0.717) is 16.5 Å². The van der Waals surface area contributed by atoms with Crippen molar-refractivity contribution < 1.29 is 28.0 Å². The molecule has 0 saturated carbocycles. The summed E-state index contributed by atoms with van der Waals surface area (Å²) in [6.07, 6.45) is 0.